The first-order valence-corrected chi connectivity index (χ1v) is 10.1. The van der Waals surface area contributed by atoms with Gasteiger partial charge in [0.25, 0.3) is 0 Å². The van der Waals surface area contributed by atoms with Crippen LogP contribution in [0.2, 0.25) is 0 Å². The first-order valence-electron chi connectivity index (χ1n) is 9.29. The third kappa shape index (κ3) is 7.14. The van der Waals surface area contributed by atoms with E-state index >= 15 is 0 Å². The summed E-state index contributed by atoms with van der Waals surface area (Å²) in [5.74, 6) is 0.859. The molecule has 0 saturated heterocycles. The summed E-state index contributed by atoms with van der Waals surface area (Å²) in [6.45, 7) is 7.56. The van der Waals surface area contributed by atoms with Crippen molar-refractivity contribution in [3.05, 3.63) is 51.5 Å². The largest absolute Gasteiger partial charge is 0.357 e. The highest BCUT2D eigenvalue weighted by Gasteiger charge is 2.03. The van der Waals surface area contributed by atoms with E-state index in [9.17, 15) is 0 Å². The lowest BCUT2D eigenvalue weighted by Crippen LogP contribution is -2.38. The van der Waals surface area contributed by atoms with Gasteiger partial charge in [-0.3, -0.25) is 0 Å². The molecule has 6 heteroatoms. The van der Waals surface area contributed by atoms with Crippen molar-refractivity contribution in [3.8, 4) is 0 Å². The molecule has 0 spiro atoms. The van der Waals surface area contributed by atoms with Gasteiger partial charge in [0, 0.05) is 37.1 Å². The lowest BCUT2D eigenvalue weighted by molar-refractivity contribution is 0.402. The lowest BCUT2D eigenvalue weighted by atomic mass is 10.1. The summed E-state index contributed by atoms with van der Waals surface area (Å²) < 4.78 is 0. The van der Waals surface area contributed by atoms with Crippen LogP contribution < -0.4 is 10.6 Å². The average molecular weight is 374 g/mol. The van der Waals surface area contributed by atoms with Crippen molar-refractivity contribution in [3.63, 3.8) is 0 Å². The molecule has 1 aromatic heterocycles. The second-order valence-corrected chi connectivity index (χ2v) is 7.70. The van der Waals surface area contributed by atoms with Crippen LogP contribution in [0.15, 0.2) is 35.5 Å². The van der Waals surface area contributed by atoms with Gasteiger partial charge in [0.05, 0.1) is 11.6 Å². The Labute approximate surface area is 161 Å². The maximum absolute atomic E-state index is 4.72. The monoisotopic (exact) mass is 373 g/mol. The van der Waals surface area contributed by atoms with E-state index in [1.54, 1.807) is 11.3 Å². The molecule has 2 N–H and O–H groups in total. The Morgan fingerprint density at radius 1 is 1.19 bits per heavy atom. The third-order valence-electron chi connectivity index (χ3n) is 3.84. The molecule has 0 aliphatic rings. The molecule has 26 heavy (non-hydrogen) atoms. The summed E-state index contributed by atoms with van der Waals surface area (Å²) in [5.41, 5.74) is 2.55. The van der Waals surface area contributed by atoms with Gasteiger partial charge < -0.3 is 15.5 Å². The van der Waals surface area contributed by atoms with E-state index in [-0.39, 0.29) is 0 Å². The molecule has 0 saturated carbocycles. The lowest BCUT2D eigenvalue weighted by Gasteiger charge is -2.12. The number of nitrogens with one attached hydrogen (secondary N) is 2. The van der Waals surface area contributed by atoms with Gasteiger partial charge in [0.1, 0.15) is 0 Å². The molecule has 0 amide bonds. The number of aryl methyl sites for hydroxylation is 1. The van der Waals surface area contributed by atoms with Gasteiger partial charge in [-0.1, -0.05) is 31.2 Å². The highest BCUT2D eigenvalue weighted by Crippen LogP contribution is 2.13. The topological polar surface area (TPSA) is 52.6 Å². The van der Waals surface area contributed by atoms with E-state index in [2.05, 4.69) is 72.7 Å². The number of thiazole rings is 1. The van der Waals surface area contributed by atoms with E-state index in [1.165, 1.54) is 21.0 Å². The molecule has 2 aromatic rings. The molecule has 0 unspecified atom stereocenters. The molecule has 2 rings (SSSR count). The van der Waals surface area contributed by atoms with Gasteiger partial charge in [0.2, 0.25) is 0 Å². The van der Waals surface area contributed by atoms with E-state index in [0.717, 1.165) is 38.4 Å². The standard InChI is InChI=1S/C20H31N5S/c1-5-18-14-23-19(26-18)10-11-22-20(21-6-2)24-13-16-8-7-9-17(12-16)15-25(3)4/h7-9,12,14H,5-6,10-11,13,15H2,1-4H3,(H2,21,22,24). The first kappa shape index (κ1) is 20.4. The normalized spacial score (nSPS) is 11.8. The van der Waals surface area contributed by atoms with Crippen molar-refractivity contribution in [2.75, 3.05) is 27.2 Å². The minimum absolute atomic E-state index is 0.674. The van der Waals surface area contributed by atoms with Gasteiger partial charge in [-0.05, 0) is 38.6 Å². The molecule has 0 bridgehead atoms. The predicted molar refractivity (Wildman–Crippen MR) is 112 cm³/mol. The molecule has 1 aromatic carbocycles. The van der Waals surface area contributed by atoms with Crippen molar-refractivity contribution >= 4 is 17.3 Å². The third-order valence-corrected chi connectivity index (χ3v) is 5.04. The molecule has 5 nitrogen and oxygen atoms in total. The Morgan fingerprint density at radius 2 is 2.00 bits per heavy atom. The fourth-order valence-electron chi connectivity index (χ4n) is 2.62. The summed E-state index contributed by atoms with van der Waals surface area (Å²) in [6, 6.07) is 8.63. The molecule has 0 atom stereocenters. The zero-order valence-corrected chi connectivity index (χ0v) is 17.2. The fourth-order valence-corrected chi connectivity index (χ4v) is 3.48. The molecule has 1 heterocycles. The maximum Gasteiger partial charge on any atom is 0.191 e. The summed E-state index contributed by atoms with van der Waals surface area (Å²) >= 11 is 1.80. The zero-order chi connectivity index (χ0) is 18.8. The van der Waals surface area contributed by atoms with Gasteiger partial charge >= 0.3 is 0 Å². The van der Waals surface area contributed by atoms with Crippen LogP contribution >= 0.6 is 11.3 Å². The van der Waals surface area contributed by atoms with E-state index in [1.807, 2.05) is 6.20 Å². The summed E-state index contributed by atoms with van der Waals surface area (Å²) in [7, 11) is 4.17. The average Bonchev–Trinajstić information content (AvgIpc) is 3.07. The number of benzene rings is 1. The van der Waals surface area contributed by atoms with Gasteiger partial charge in [-0.15, -0.1) is 11.3 Å². The number of hydrogen-bond acceptors (Lipinski definition) is 4. The van der Waals surface area contributed by atoms with Crippen molar-refractivity contribution in [1.29, 1.82) is 0 Å². The summed E-state index contributed by atoms with van der Waals surface area (Å²) in [6.07, 6.45) is 3.97. The quantitative estimate of drug-likeness (QED) is 0.524. The Morgan fingerprint density at radius 3 is 2.69 bits per heavy atom. The van der Waals surface area contributed by atoms with Crippen molar-refractivity contribution in [2.45, 2.75) is 39.8 Å². The van der Waals surface area contributed by atoms with Gasteiger partial charge in [0.15, 0.2) is 5.96 Å². The number of aliphatic imine (C=N–C) groups is 1. The Hall–Kier alpha value is -1.92. The Bertz CT molecular complexity index is 693. The summed E-state index contributed by atoms with van der Waals surface area (Å²) in [4.78, 5) is 12.7. The van der Waals surface area contributed by atoms with Crippen LogP contribution in [-0.2, 0) is 25.9 Å². The smallest absolute Gasteiger partial charge is 0.191 e. The zero-order valence-electron chi connectivity index (χ0n) is 16.4. The number of aromatic nitrogens is 1. The predicted octanol–water partition coefficient (Wildman–Crippen LogP) is 3.06. The van der Waals surface area contributed by atoms with Crippen LogP contribution in [0.3, 0.4) is 0 Å². The van der Waals surface area contributed by atoms with Crippen molar-refractivity contribution in [1.82, 2.24) is 20.5 Å². The molecule has 0 aliphatic carbocycles. The first-order chi connectivity index (χ1) is 12.6. The van der Waals surface area contributed by atoms with Crippen LogP contribution in [-0.4, -0.2) is 43.0 Å². The fraction of sp³-hybridized carbons (Fsp3) is 0.500. The van der Waals surface area contributed by atoms with Crippen LogP contribution in [0.25, 0.3) is 0 Å². The maximum atomic E-state index is 4.72. The molecule has 0 fully saturated rings. The van der Waals surface area contributed by atoms with Gasteiger partial charge in [-0.2, -0.15) is 0 Å². The number of rotatable bonds is 9. The van der Waals surface area contributed by atoms with Gasteiger partial charge in [-0.25, -0.2) is 9.98 Å². The second kappa shape index (κ2) is 10.9. The molecule has 0 radical (unpaired) electrons. The minimum Gasteiger partial charge on any atom is -0.357 e. The highest BCUT2D eigenvalue weighted by molar-refractivity contribution is 7.11. The SMILES string of the molecule is CCNC(=NCc1cccc(CN(C)C)c1)NCCc1ncc(CC)s1. The summed E-state index contributed by atoms with van der Waals surface area (Å²) in [5, 5.41) is 7.91. The molecular formula is C20H31N5S. The number of hydrogen-bond donors (Lipinski definition) is 2. The van der Waals surface area contributed by atoms with Crippen LogP contribution in [0.4, 0.5) is 0 Å². The van der Waals surface area contributed by atoms with Crippen molar-refractivity contribution in [2.24, 2.45) is 4.99 Å². The minimum atomic E-state index is 0.674. The van der Waals surface area contributed by atoms with E-state index in [4.69, 9.17) is 4.99 Å². The van der Waals surface area contributed by atoms with Crippen LogP contribution in [0.5, 0.6) is 0 Å². The number of nitrogens with zero attached hydrogens (tertiary/aromatic N) is 3. The number of guanidine groups is 1. The van der Waals surface area contributed by atoms with E-state index < -0.39 is 0 Å². The van der Waals surface area contributed by atoms with Crippen LogP contribution in [0.1, 0.15) is 34.9 Å². The second-order valence-electron chi connectivity index (χ2n) is 6.50. The Kier molecular flexibility index (Phi) is 8.58. The molecule has 0 aliphatic heterocycles. The molecule has 142 valence electrons. The van der Waals surface area contributed by atoms with Crippen LogP contribution in [0, 0.1) is 0 Å². The highest BCUT2D eigenvalue weighted by atomic mass is 32.1. The van der Waals surface area contributed by atoms with Crippen molar-refractivity contribution < 1.29 is 0 Å². The molecular weight excluding hydrogens is 342 g/mol. The van der Waals surface area contributed by atoms with E-state index in [0.29, 0.717) is 6.54 Å². The Balaban J connectivity index is 1.89.